The second-order valence-electron chi connectivity index (χ2n) is 3.07. The minimum atomic E-state index is -0.505. The van der Waals surface area contributed by atoms with Crippen LogP contribution in [0.15, 0.2) is 29.4 Å². The third-order valence-corrected chi connectivity index (χ3v) is 1.85. The van der Waals surface area contributed by atoms with Gasteiger partial charge in [-0.1, -0.05) is 6.57 Å². The molecular formula is C11H8N4O4. The van der Waals surface area contributed by atoms with Crippen molar-refractivity contribution in [2.45, 2.75) is 0 Å². The number of nitro benzene ring substituents is 1. The van der Waals surface area contributed by atoms with Crippen LogP contribution in [0.25, 0.3) is 4.85 Å². The fourth-order valence-corrected chi connectivity index (χ4v) is 1.03. The van der Waals surface area contributed by atoms with Crippen LogP contribution in [-0.2, 0) is 4.84 Å². The molecule has 1 aromatic rings. The summed E-state index contributed by atoms with van der Waals surface area (Å²) in [5.41, 5.74) is -0.0241. The van der Waals surface area contributed by atoms with Gasteiger partial charge < -0.3 is 14.4 Å². The summed E-state index contributed by atoms with van der Waals surface area (Å²) in [6.45, 7) is 6.73. The van der Waals surface area contributed by atoms with Crippen molar-refractivity contribution in [2.24, 2.45) is 5.16 Å². The van der Waals surface area contributed by atoms with Gasteiger partial charge in [-0.05, 0) is 12.1 Å². The number of rotatable bonds is 6. The van der Waals surface area contributed by atoms with Crippen LogP contribution in [-0.4, -0.2) is 24.0 Å². The van der Waals surface area contributed by atoms with Crippen molar-refractivity contribution >= 4 is 11.5 Å². The summed E-state index contributed by atoms with van der Waals surface area (Å²) in [5, 5.41) is 22.0. The highest BCUT2D eigenvalue weighted by molar-refractivity contribution is 6.03. The van der Waals surface area contributed by atoms with Crippen molar-refractivity contribution in [2.75, 3.05) is 13.2 Å². The standard InChI is InChI=1S/C11H8N4O4/c1-13-11(8-12)14-19-7-6-18-10-4-2-9(3-5-10)15(16)17/h2-5H,6-7H2/b14-11+. The van der Waals surface area contributed by atoms with E-state index in [4.69, 9.17) is 16.6 Å². The van der Waals surface area contributed by atoms with Gasteiger partial charge in [0.05, 0.1) is 10.1 Å². The summed E-state index contributed by atoms with van der Waals surface area (Å²) >= 11 is 0. The van der Waals surface area contributed by atoms with Crippen molar-refractivity contribution < 1.29 is 14.5 Å². The van der Waals surface area contributed by atoms with E-state index in [0.29, 0.717) is 5.75 Å². The lowest BCUT2D eigenvalue weighted by atomic mass is 10.3. The molecule has 0 fully saturated rings. The molecule has 96 valence electrons. The van der Waals surface area contributed by atoms with E-state index in [2.05, 4.69) is 14.8 Å². The fourth-order valence-electron chi connectivity index (χ4n) is 1.03. The largest absolute Gasteiger partial charge is 0.490 e. The van der Waals surface area contributed by atoms with Gasteiger partial charge in [-0.15, -0.1) is 0 Å². The Bertz CT molecular complexity index is 538. The molecule has 0 saturated carbocycles. The van der Waals surface area contributed by atoms with Crippen molar-refractivity contribution in [3.63, 3.8) is 0 Å². The van der Waals surface area contributed by atoms with Gasteiger partial charge in [0, 0.05) is 12.1 Å². The number of non-ortho nitro benzene ring substituents is 1. The molecule has 0 spiro atoms. The van der Waals surface area contributed by atoms with Crippen molar-refractivity contribution in [3.8, 4) is 11.8 Å². The van der Waals surface area contributed by atoms with E-state index in [9.17, 15) is 10.1 Å². The summed E-state index contributed by atoms with van der Waals surface area (Å²) in [5.74, 6) is 0.0548. The number of benzene rings is 1. The van der Waals surface area contributed by atoms with E-state index in [1.54, 1.807) is 6.07 Å². The maximum atomic E-state index is 10.4. The van der Waals surface area contributed by atoms with E-state index >= 15 is 0 Å². The highest BCUT2D eigenvalue weighted by atomic mass is 16.6. The molecule has 0 amide bonds. The SMILES string of the molecule is [C-]#[N+]/C(C#N)=N/OCCOc1ccc([N+](=O)[O-])cc1. The lowest BCUT2D eigenvalue weighted by Crippen LogP contribution is -2.04. The van der Waals surface area contributed by atoms with Gasteiger partial charge in [-0.3, -0.25) is 10.1 Å². The normalized spacial score (nSPS) is 10.1. The second kappa shape index (κ2) is 7.25. The number of hydrogen-bond acceptors (Lipinski definition) is 6. The summed E-state index contributed by atoms with van der Waals surface area (Å²) in [6, 6.07) is 7.10. The van der Waals surface area contributed by atoms with E-state index in [-0.39, 0.29) is 18.9 Å². The molecule has 0 unspecified atom stereocenters. The maximum absolute atomic E-state index is 10.4. The highest BCUT2D eigenvalue weighted by Crippen LogP contribution is 2.16. The molecule has 0 aliphatic heterocycles. The van der Waals surface area contributed by atoms with Crippen LogP contribution in [0.3, 0.4) is 0 Å². The van der Waals surface area contributed by atoms with Crippen LogP contribution in [0.4, 0.5) is 5.69 Å². The number of nitro groups is 1. The molecule has 0 saturated heterocycles. The average Bonchev–Trinajstić information content (AvgIpc) is 2.43. The first-order valence-corrected chi connectivity index (χ1v) is 5.02. The Balaban J connectivity index is 2.35. The lowest BCUT2D eigenvalue weighted by Gasteiger charge is -2.03. The smallest absolute Gasteiger partial charge is 0.392 e. The Kier molecular flexibility index (Phi) is 5.31. The molecule has 0 bridgehead atoms. The predicted octanol–water partition coefficient (Wildman–Crippen LogP) is 1.75. The minimum absolute atomic E-state index is 0.0241. The van der Waals surface area contributed by atoms with Gasteiger partial charge in [-0.25, -0.2) is 5.26 Å². The highest BCUT2D eigenvalue weighted by Gasteiger charge is 2.04. The molecule has 0 heterocycles. The van der Waals surface area contributed by atoms with E-state index in [1.165, 1.54) is 24.3 Å². The number of nitrogens with zero attached hydrogens (tertiary/aromatic N) is 4. The summed E-state index contributed by atoms with van der Waals surface area (Å²) < 4.78 is 5.21. The van der Waals surface area contributed by atoms with Gasteiger partial charge in [0.1, 0.15) is 18.4 Å². The predicted molar refractivity (Wildman–Crippen MR) is 64.2 cm³/mol. The lowest BCUT2D eigenvalue weighted by molar-refractivity contribution is -0.384. The molecule has 8 heteroatoms. The number of nitriles is 1. The summed E-state index contributed by atoms with van der Waals surface area (Å²) in [6.07, 6.45) is 0. The molecule has 0 aromatic heterocycles. The third kappa shape index (κ3) is 4.71. The number of oxime groups is 1. The zero-order valence-electron chi connectivity index (χ0n) is 9.65. The molecule has 0 aliphatic carbocycles. The van der Waals surface area contributed by atoms with E-state index in [1.807, 2.05) is 0 Å². The van der Waals surface area contributed by atoms with Crippen LogP contribution in [0.5, 0.6) is 5.75 Å². The maximum Gasteiger partial charge on any atom is 0.392 e. The quantitative estimate of drug-likeness (QED) is 0.193. The Morgan fingerprint density at radius 1 is 1.47 bits per heavy atom. The van der Waals surface area contributed by atoms with Crippen molar-refractivity contribution in [1.82, 2.24) is 0 Å². The number of ether oxygens (including phenoxy) is 1. The minimum Gasteiger partial charge on any atom is -0.490 e. The Morgan fingerprint density at radius 2 is 2.16 bits per heavy atom. The van der Waals surface area contributed by atoms with E-state index in [0.717, 1.165) is 0 Å². The van der Waals surface area contributed by atoms with Crippen LogP contribution < -0.4 is 4.74 Å². The molecular weight excluding hydrogens is 252 g/mol. The monoisotopic (exact) mass is 260 g/mol. The summed E-state index contributed by atoms with van der Waals surface area (Å²) in [7, 11) is 0. The molecule has 0 atom stereocenters. The zero-order chi connectivity index (χ0) is 14.1. The molecule has 1 rings (SSSR count). The second-order valence-corrected chi connectivity index (χ2v) is 3.07. The Labute approximate surface area is 108 Å². The molecule has 8 nitrogen and oxygen atoms in total. The van der Waals surface area contributed by atoms with Gasteiger partial charge >= 0.3 is 5.84 Å². The van der Waals surface area contributed by atoms with Crippen molar-refractivity contribution in [1.29, 1.82) is 5.26 Å². The van der Waals surface area contributed by atoms with Gasteiger partial charge in [0.15, 0.2) is 6.61 Å². The number of amidine groups is 1. The first kappa shape index (κ1) is 13.9. The van der Waals surface area contributed by atoms with Crippen molar-refractivity contribution in [3.05, 3.63) is 45.8 Å². The molecule has 0 aliphatic rings. The first-order valence-electron chi connectivity index (χ1n) is 5.02. The van der Waals surface area contributed by atoms with Crippen LogP contribution >= 0.6 is 0 Å². The summed E-state index contributed by atoms with van der Waals surface area (Å²) in [4.78, 5) is 17.4. The fraction of sp³-hybridized carbons (Fsp3) is 0.182. The molecule has 0 N–H and O–H groups in total. The van der Waals surface area contributed by atoms with Crippen LogP contribution in [0, 0.1) is 28.0 Å². The zero-order valence-corrected chi connectivity index (χ0v) is 9.65. The van der Waals surface area contributed by atoms with Gasteiger partial charge in [-0.2, -0.15) is 0 Å². The van der Waals surface area contributed by atoms with Crippen LogP contribution in [0.1, 0.15) is 0 Å². The Morgan fingerprint density at radius 3 is 2.68 bits per heavy atom. The topological polar surface area (TPSA) is 102 Å². The van der Waals surface area contributed by atoms with E-state index < -0.39 is 10.8 Å². The van der Waals surface area contributed by atoms with Gasteiger partial charge in [0.25, 0.3) is 5.69 Å². The average molecular weight is 260 g/mol. The molecule has 1 aromatic carbocycles. The molecule has 19 heavy (non-hydrogen) atoms. The van der Waals surface area contributed by atoms with Gasteiger partial charge in [0.2, 0.25) is 0 Å². The third-order valence-electron chi connectivity index (χ3n) is 1.85. The molecule has 0 radical (unpaired) electrons. The first-order chi connectivity index (χ1) is 9.17. The van der Waals surface area contributed by atoms with Crippen LogP contribution in [0.2, 0.25) is 0 Å². The number of hydrogen-bond donors (Lipinski definition) is 0. The Hall–Kier alpha value is -3.13.